The third kappa shape index (κ3) is 2.29. The van der Waals surface area contributed by atoms with Gasteiger partial charge in [-0.1, -0.05) is 18.2 Å². The topological polar surface area (TPSA) is 42.2 Å². The number of halogens is 1. The zero-order valence-electron chi connectivity index (χ0n) is 10.8. The Kier molecular flexibility index (Phi) is 3.13. The third-order valence-electron chi connectivity index (χ3n) is 3.97. The lowest BCUT2D eigenvalue weighted by atomic mass is 9.89. The molecule has 1 aromatic carbocycles. The maximum atomic E-state index is 11.1. The van der Waals surface area contributed by atoms with Gasteiger partial charge in [0.2, 0.25) is 0 Å². The summed E-state index contributed by atoms with van der Waals surface area (Å²) in [5.41, 5.74) is 2.34. The number of carboxylic acid groups (broad SMARTS) is 1. The number of aromatic nitrogens is 1. The van der Waals surface area contributed by atoms with Crippen LogP contribution in [0.1, 0.15) is 30.7 Å². The first kappa shape index (κ1) is 12.7. The minimum Gasteiger partial charge on any atom is -0.481 e. The molecule has 0 amide bonds. The molecular weight excluding hydrogens is 306 g/mol. The summed E-state index contributed by atoms with van der Waals surface area (Å²) in [6.07, 6.45) is 4.57. The number of aryl methyl sites for hydroxylation is 1. The first-order chi connectivity index (χ1) is 9.08. The fourth-order valence-electron chi connectivity index (χ4n) is 2.97. The van der Waals surface area contributed by atoms with Crippen molar-refractivity contribution in [3.05, 3.63) is 34.4 Å². The van der Waals surface area contributed by atoms with Crippen LogP contribution in [0.4, 0.5) is 0 Å². The summed E-state index contributed by atoms with van der Waals surface area (Å²) in [6, 6.07) is 6.19. The molecule has 4 heteroatoms. The van der Waals surface area contributed by atoms with Gasteiger partial charge in [0.05, 0.1) is 11.9 Å². The Morgan fingerprint density at radius 2 is 2.26 bits per heavy atom. The molecule has 1 fully saturated rings. The van der Waals surface area contributed by atoms with E-state index in [-0.39, 0.29) is 12.3 Å². The molecule has 0 radical (unpaired) electrons. The number of benzene rings is 1. The number of nitrogens with zero attached hydrogens (tertiary/aromatic N) is 1. The van der Waals surface area contributed by atoms with E-state index in [9.17, 15) is 4.79 Å². The highest BCUT2D eigenvalue weighted by molar-refractivity contribution is 9.10. The molecule has 1 N–H and O–H groups in total. The minimum absolute atomic E-state index is 0.140. The van der Waals surface area contributed by atoms with Crippen LogP contribution in [0.5, 0.6) is 0 Å². The molecule has 1 unspecified atom stereocenters. The smallest absolute Gasteiger partial charge is 0.303 e. The van der Waals surface area contributed by atoms with Crippen LogP contribution in [0.2, 0.25) is 0 Å². The predicted octanol–water partition coefficient (Wildman–Crippen LogP) is 3.91. The van der Waals surface area contributed by atoms with Crippen molar-refractivity contribution in [3.8, 4) is 0 Å². The summed E-state index contributed by atoms with van der Waals surface area (Å²) in [7, 11) is 2.02. The highest BCUT2D eigenvalue weighted by Crippen LogP contribution is 2.46. The Bertz CT molecular complexity index is 643. The van der Waals surface area contributed by atoms with Crippen molar-refractivity contribution in [1.29, 1.82) is 0 Å². The zero-order valence-corrected chi connectivity index (χ0v) is 12.4. The van der Waals surface area contributed by atoms with Gasteiger partial charge in [-0.25, -0.2) is 0 Å². The first-order valence-electron chi connectivity index (χ1n) is 6.53. The van der Waals surface area contributed by atoms with E-state index in [1.807, 2.05) is 19.3 Å². The maximum absolute atomic E-state index is 11.1. The number of rotatable bonds is 4. The van der Waals surface area contributed by atoms with Gasteiger partial charge in [-0.05, 0) is 46.2 Å². The van der Waals surface area contributed by atoms with Crippen molar-refractivity contribution in [3.63, 3.8) is 0 Å². The number of hydrogen-bond donors (Lipinski definition) is 1. The van der Waals surface area contributed by atoms with Gasteiger partial charge in [0.15, 0.2) is 0 Å². The van der Waals surface area contributed by atoms with E-state index in [1.54, 1.807) is 0 Å². The summed E-state index contributed by atoms with van der Waals surface area (Å²) in [4.78, 5) is 11.1. The molecule has 1 saturated carbocycles. The van der Waals surface area contributed by atoms with E-state index in [2.05, 4.69) is 32.6 Å². The van der Waals surface area contributed by atoms with Crippen LogP contribution in [0.25, 0.3) is 10.9 Å². The van der Waals surface area contributed by atoms with Crippen molar-refractivity contribution in [2.45, 2.75) is 25.2 Å². The molecule has 0 aliphatic heterocycles. The van der Waals surface area contributed by atoms with Crippen LogP contribution in [0.15, 0.2) is 28.9 Å². The van der Waals surface area contributed by atoms with E-state index in [0.717, 1.165) is 28.2 Å². The summed E-state index contributed by atoms with van der Waals surface area (Å²) in [6.45, 7) is 0. The van der Waals surface area contributed by atoms with Crippen molar-refractivity contribution < 1.29 is 9.90 Å². The van der Waals surface area contributed by atoms with E-state index in [1.165, 1.54) is 5.56 Å². The summed E-state index contributed by atoms with van der Waals surface area (Å²) < 4.78 is 3.16. The van der Waals surface area contributed by atoms with Crippen molar-refractivity contribution in [2.75, 3.05) is 0 Å². The predicted molar refractivity (Wildman–Crippen MR) is 78.3 cm³/mol. The van der Waals surface area contributed by atoms with E-state index in [0.29, 0.717) is 5.92 Å². The zero-order chi connectivity index (χ0) is 13.6. The molecule has 19 heavy (non-hydrogen) atoms. The maximum Gasteiger partial charge on any atom is 0.303 e. The molecule has 3 rings (SSSR count). The highest BCUT2D eigenvalue weighted by Gasteiger charge is 2.35. The number of aliphatic carboxylic acids is 1. The van der Waals surface area contributed by atoms with Gasteiger partial charge in [-0.3, -0.25) is 4.79 Å². The van der Waals surface area contributed by atoms with Crippen LogP contribution in [-0.4, -0.2) is 15.6 Å². The van der Waals surface area contributed by atoms with Gasteiger partial charge in [-0.2, -0.15) is 0 Å². The van der Waals surface area contributed by atoms with Crippen LogP contribution < -0.4 is 0 Å². The average Bonchev–Trinajstić information content (AvgIpc) is 3.14. The third-order valence-corrected chi connectivity index (χ3v) is 4.60. The molecule has 1 aliphatic rings. The van der Waals surface area contributed by atoms with Gasteiger partial charge < -0.3 is 9.67 Å². The van der Waals surface area contributed by atoms with Gasteiger partial charge >= 0.3 is 5.97 Å². The Morgan fingerprint density at radius 1 is 1.53 bits per heavy atom. The van der Waals surface area contributed by atoms with E-state index in [4.69, 9.17) is 5.11 Å². The Morgan fingerprint density at radius 3 is 2.89 bits per heavy atom. The van der Waals surface area contributed by atoms with Crippen LogP contribution in [0, 0.1) is 5.92 Å². The number of hydrogen-bond acceptors (Lipinski definition) is 1. The normalized spacial score (nSPS) is 16.7. The largest absolute Gasteiger partial charge is 0.481 e. The second kappa shape index (κ2) is 4.67. The number of carbonyl (C=O) groups is 1. The van der Waals surface area contributed by atoms with Crippen LogP contribution >= 0.6 is 15.9 Å². The fraction of sp³-hybridized carbons (Fsp3) is 0.400. The molecule has 1 aliphatic carbocycles. The molecule has 1 atom stereocenters. The molecule has 2 aromatic rings. The Labute approximate surface area is 120 Å². The van der Waals surface area contributed by atoms with Gasteiger partial charge in [-0.15, -0.1) is 0 Å². The second-order valence-electron chi connectivity index (χ2n) is 5.37. The Hall–Kier alpha value is -1.29. The van der Waals surface area contributed by atoms with Crippen molar-refractivity contribution in [1.82, 2.24) is 4.57 Å². The second-order valence-corrected chi connectivity index (χ2v) is 6.23. The quantitative estimate of drug-likeness (QED) is 0.927. The molecule has 1 heterocycles. The molecule has 0 spiro atoms. The van der Waals surface area contributed by atoms with Gasteiger partial charge in [0.25, 0.3) is 0 Å². The summed E-state index contributed by atoms with van der Waals surface area (Å²) in [5, 5.41) is 10.3. The van der Waals surface area contributed by atoms with Crippen molar-refractivity contribution >= 4 is 32.8 Å². The molecule has 3 nitrogen and oxygen atoms in total. The molecule has 0 bridgehead atoms. The lowest BCUT2D eigenvalue weighted by Gasteiger charge is -2.16. The first-order valence-corrected chi connectivity index (χ1v) is 7.32. The SMILES string of the molecule is Cn1cc(Br)c2cccc(C(CC(=O)O)C3CC3)c21. The number of para-hydroxylation sites is 1. The van der Waals surface area contributed by atoms with Gasteiger partial charge in [0, 0.05) is 23.1 Å². The lowest BCUT2D eigenvalue weighted by Crippen LogP contribution is -2.09. The molecule has 1 aromatic heterocycles. The van der Waals surface area contributed by atoms with Crippen LogP contribution in [-0.2, 0) is 11.8 Å². The fourth-order valence-corrected chi connectivity index (χ4v) is 3.60. The van der Waals surface area contributed by atoms with E-state index >= 15 is 0 Å². The lowest BCUT2D eigenvalue weighted by molar-refractivity contribution is -0.137. The summed E-state index contributed by atoms with van der Waals surface area (Å²) in [5.74, 6) is -0.0285. The summed E-state index contributed by atoms with van der Waals surface area (Å²) >= 11 is 3.57. The van der Waals surface area contributed by atoms with Crippen molar-refractivity contribution in [2.24, 2.45) is 13.0 Å². The highest BCUT2D eigenvalue weighted by atomic mass is 79.9. The minimum atomic E-state index is -0.706. The standard InChI is InChI=1S/C15H16BrNO2/c1-17-8-13(16)11-4-2-3-10(15(11)17)12(7-14(18)19)9-5-6-9/h2-4,8-9,12H,5-7H2,1H3,(H,18,19). The molecular formula is C15H16BrNO2. The van der Waals surface area contributed by atoms with Gasteiger partial charge in [0.1, 0.15) is 0 Å². The van der Waals surface area contributed by atoms with Crippen LogP contribution in [0.3, 0.4) is 0 Å². The monoisotopic (exact) mass is 321 g/mol. The van der Waals surface area contributed by atoms with E-state index < -0.39 is 5.97 Å². The number of fused-ring (bicyclic) bond motifs is 1. The molecule has 0 saturated heterocycles. The number of carboxylic acids is 1. The Balaban J connectivity index is 2.14. The average molecular weight is 322 g/mol. The molecule has 100 valence electrons.